The first kappa shape index (κ1) is 25.2. The fourth-order valence-electron chi connectivity index (χ4n) is 3.57. The number of para-hydroxylation sites is 1. The molecule has 0 aliphatic carbocycles. The Bertz CT molecular complexity index is 1310. The second-order valence-corrected chi connectivity index (χ2v) is 10.7. The molecule has 0 radical (unpaired) electrons. The highest BCUT2D eigenvalue weighted by atomic mass is 79.9. The second kappa shape index (κ2) is 11.2. The molecular formula is C27H23BrN2O3S2. The zero-order chi connectivity index (χ0) is 24.9. The van der Waals surface area contributed by atoms with E-state index >= 15 is 0 Å². The molecule has 0 saturated carbocycles. The Balaban J connectivity index is 1.37. The van der Waals surface area contributed by atoms with Crippen molar-refractivity contribution >= 4 is 73.5 Å². The van der Waals surface area contributed by atoms with Crippen LogP contribution in [0.3, 0.4) is 0 Å². The number of halogens is 1. The van der Waals surface area contributed by atoms with Crippen LogP contribution in [0.4, 0.5) is 11.4 Å². The number of carbonyl (C=O) groups is 2. The SMILES string of the molecule is CC(C)c1ccccc1NC(=O)COc1ccc(/C=C2/SC(=S)N(c3cccc(Br)c3)C2=O)cc1. The van der Waals surface area contributed by atoms with E-state index in [2.05, 4.69) is 35.1 Å². The van der Waals surface area contributed by atoms with Crippen molar-refractivity contribution in [3.63, 3.8) is 0 Å². The van der Waals surface area contributed by atoms with Crippen LogP contribution >= 0.6 is 39.9 Å². The molecule has 0 atom stereocenters. The number of hydrogen-bond acceptors (Lipinski definition) is 5. The van der Waals surface area contributed by atoms with E-state index in [4.69, 9.17) is 17.0 Å². The van der Waals surface area contributed by atoms with Crippen LogP contribution in [0.2, 0.25) is 0 Å². The standard InChI is InChI=1S/C27H23BrN2O3S2/c1-17(2)22-8-3-4-9-23(22)29-25(31)16-33-21-12-10-18(11-13-21)14-24-26(32)30(27(34)35-24)20-7-5-6-19(28)15-20/h3-15,17H,16H2,1-2H3,(H,29,31)/b24-14+. The number of ether oxygens (including phenoxy) is 1. The third-order valence-corrected chi connectivity index (χ3v) is 7.06. The molecule has 3 aromatic rings. The molecule has 2 amide bonds. The number of carbonyl (C=O) groups excluding carboxylic acids is 2. The molecule has 0 bridgehead atoms. The summed E-state index contributed by atoms with van der Waals surface area (Å²) in [6, 6.07) is 22.5. The molecular weight excluding hydrogens is 544 g/mol. The molecule has 35 heavy (non-hydrogen) atoms. The Morgan fingerprint density at radius 2 is 1.86 bits per heavy atom. The first-order chi connectivity index (χ1) is 16.8. The average Bonchev–Trinajstić information content (AvgIpc) is 3.11. The summed E-state index contributed by atoms with van der Waals surface area (Å²) in [6.07, 6.45) is 1.80. The van der Waals surface area contributed by atoms with Gasteiger partial charge in [-0.2, -0.15) is 0 Å². The Morgan fingerprint density at radius 3 is 2.57 bits per heavy atom. The Labute approximate surface area is 222 Å². The molecule has 1 aliphatic rings. The highest BCUT2D eigenvalue weighted by Gasteiger charge is 2.33. The van der Waals surface area contributed by atoms with Gasteiger partial charge in [0, 0.05) is 10.2 Å². The smallest absolute Gasteiger partial charge is 0.270 e. The van der Waals surface area contributed by atoms with Crippen molar-refractivity contribution in [3.8, 4) is 5.75 Å². The van der Waals surface area contributed by atoms with E-state index in [0.717, 1.165) is 27.0 Å². The maximum absolute atomic E-state index is 13.0. The summed E-state index contributed by atoms with van der Waals surface area (Å²) in [6.45, 7) is 4.07. The molecule has 1 heterocycles. The van der Waals surface area contributed by atoms with Gasteiger partial charge in [0.1, 0.15) is 5.75 Å². The van der Waals surface area contributed by atoms with Crippen LogP contribution in [0.15, 0.2) is 82.2 Å². The zero-order valence-electron chi connectivity index (χ0n) is 19.2. The average molecular weight is 568 g/mol. The van der Waals surface area contributed by atoms with Crippen LogP contribution in [0, 0.1) is 0 Å². The number of thiocarbonyl (C=S) groups is 1. The lowest BCUT2D eigenvalue weighted by molar-refractivity contribution is -0.118. The lowest BCUT2D eigenvalue weighted by Gasteiger charge is -2.14. The number of hydrogen-bond donors (Lipinski definition) is 1. The van der Waals surface area contributed by atoms with E-state index in [-0.39, 0.29) is 18.4 Å². The summed E-state index contributed by atoms with van der Waals surface area (Å²) >= 11 is 10.1. The topological polar surface area (TPSA) is 58.6 Å². The minimum atomic E-state index is -0.224. The number of nitrogens with zero attached hydrogens (tertiary/aromatic N) is 1. The maximum Gasteiger partial charge on any atom is 0.270 e. The molecule has 1 N–H and O–H groups in total. The lowest BCUT2D eigenvalue weighted by Crippen LogP contribution is -2.27. The zero-order valence-corrected chi connectivity index (χ0v) is 22.4. The first-order valence-electron chi connectivity index (χ1n) is 11.0. The van der Waals surface area contributed by atoms with E-state index < -0.39 is 0 Å². The van der Waals surface area contributed by atoms with Gasteiger partial charge < -0.3 is 10.1 Å². The summed E-state index contributed by atoms with van der Waals surface area (Å²) in [5.74, 6) is 0.487. The summed E-state index contributed by atoms with van der Waals surface area (Å²) < 4.78 is 7.02. The largest absolute Gasteiger partial charge is 0.484 e. The fraction of sp³-hybridized carbons (Fsp3) is 0.148. The van der Waals surface area contributed by atoms with Gasteiger partial charge in [0.15, 0.2) is 10.9 Å². The normalized spacial score (nSPS) is 14.6. The second-order valence-electron chi connectivity index (χ2n) is 8.14. The number of amides is 2. The van der Waals surface area contributed by atoms with Gasteiger partial charge in [-0.1, -0.05) is 90.2 Å². The number of benzene rings is 3. The van der Waals surface area contributed by atoms with Crippen LogP contribution in [0.25, 0.3) is 6.08 Å². The van der Waals surface area contributed by atoms with Gasteiger partial charge in [-0.25, -0.2) is 0 Å². The van der Waals surface area contributed by atoms with E-state index in [1.54, 1.807) is 18.2 Å². The van der Waals surface area contributed by atoms with E-state index in [9.17, 15) is 9.59 Å². The van der Waals surface area contributed by atoms with Gasteiger partial charge in [-0.3, -0.25) is 14.5 Å². The molecule has 0 aromatic heterocycles. The van der Waals surface area contributed by atoms with Crippen molar-refractivity contribution < 1.29 is 14.3 Å². The van der Waals surface area contributed by atoms with Crippen molar-refractivity contribution in [1.29, 1.82) is 0 Å². The summed E-state index contributed by atoms with van der Waals surface area (Å²) in [5, 5.41) is 2.92. The van der Waals surface area contributed by atoms with Crippen LogP contribution in [0.5, 0.6) is 5.75 Å². The molecule has 1 fully saturated rings. The van der Waals surface area contributed by atoms with Gasteiger partial charge in [-0.05, 0) is 59.5 Å². The van der Waals surface area contributed by atoms with Crippen LogP contribution in [-0.2, 0) is 9.59 Å². The molecule has 178 valence electrons. The Kier molecular flexibility index (Phi) is 8.05. The number of rotatable bonds is 7. The Hall–Kier alpha value is -2.94. The number of nitrogens with one attached hydrogen (secondary N) is 1. The summed E-state index contributed by atoms with van der Waals surface area (Å²) in [7, 11) is 0. The molecule has 1 aliphatic heterocycles. The fourth-order valence-corrected chi connectivity index (χ4v) is 5.25. The van der Waals surface area contributed by atoms with Gasteiger partial charge in [0.25, 0.3) is 11.8 Å². The van der Waals surface area contributed by atoms with Crippen LogP contribution < -0.4 is 15.0 Å². The van der Waals surface area contributed by atoms with Gasteiger partial charge in [0.2, 0.25) is 0 Å². The minimum absolute atomic E-state index is 0.100. The van der Waals surface area contributed by atoms with Crippen molar-refractivity contribution in [2.45, 2.75) is 19.8 Å². The van der Waals surface area contributed by atoms with E-state index in [1.807, 2.05) is 60.7 Å². The molecule has 4 rings (SSSR count). The maximum atomic E-state index is 13.0. The molecule has 3 aromatic carbocycles. The monoisotopic (exact) mass is 566 g/mol. The van der Waals surface area contributed by atoms with Crippen LogP contribution in [0.1, 0.15) is 30.9 Å². The number of thioether (sulfide) groups is 1. The minimum Gasteiger partial charge on any atom is -0.484 e. The van der Waals surface area contributed by atoms with Crippen molar-refractivity contribution in [2.75, 3.05) is 16.8 Å². The molecule has 1 saturated heterocycles. The molecule has 0 spiro atoms. The summed E-state index contributed by atoms with van der Waals surface area (Å²) in [5.41, 5.74) is 3.44. The molecule has 0 unspecified atom stereocenters. The predicted octanol–water partition coefficient (Wildman–Crippen LogP) is 7.00. The van der Waals surface area contributed by atoms with E-state index in [0.29, 0.717) is 20.9 Å². The van der Waals surface area contributed by atoms with E-state index in [1.165, 1.54) is 16.7 Å². The first-order valence-corrected chi connectivity index (χ1v) is 13.0. The van der Waals surface area contributed by atoms with Crippen molar-refractivity contribution in [1.82, 2.24) is 0 Å². The van der Waals surface area contributed by atoms with Gasteiger partial charge in [-0.15, -0.1) is 0 Å². The molecule has 8 heteroatoms. The van der Waals surface area contributed by atoms with Crippen LogP contribution in [-0.4, -0.2) is 22.7 Å². The Morgan fingerprint density at radius 1 is 1.11 bits per heavy atom. The molecule has 5 nitrogen and oxygen atoms in total. The van der Waals surface area contributed by atoms with Crippen molar-refractivity contribution in [3.05, 3.63) is 93.3 Å². The third kappa shape index (κ3) is 6.20. The highest BCUT2D eigenvalue weighted by molar-refractivity contribution is 9.10. The van der Waals surface area contributed by atoms with Crippen molar-refractivity contribution in [2.24, 2.45) is 0 Å². The lowest BCUT2D eigenvalue weighted by atomic mass is 10.0. The predicted molar refractivity (Wildman–Crippen MR) is 151 cm³/mol. The summed E-state index contributed by atoms with van der Waals surface area (Å²) in [4.78, 5) is 27.4. The third-order valence-electron chi connectivity index (χ3n) is 5.26. The highest BCUT2D eigenvalue weighted by Crippen LogP contribution is 2.36. The van der Waals surface area contributed by atoms with Gasteiger partial charge >= 0.3 is 0 Å². The quantitative estimate of drug-likeness (QED) is 0.246. The van der Waals surface area contributed by atoms with Gasteiger partial charge in [0.05, 0.1) is 10.6 Å². The number of anilines is 2.